The molecule has 5 nitrogen and oxygen atoms in total. The second-order valence-corrected chi connectivity index (χ2v) is 6.83. The summed E-state index contributed by atoms with van der Waals surface area (Å²) < 4.78 is 0. The molecule has 1 aromatic rings. The Morgan fingerprint density at radius 2 is 1.96 bits per heavy atom. The van der Waals surface area contributed by atoms with Crippen LogP contribution in [0.4, 0.5) is 4.79 Å². The van der Waals surface area contributed by atoms with Crippen LogP contribution in [-0.2, 0) is 4.79 Å². The number of imide groups is 1. The Balaban J connectivity index is 1.49. The fourth-order valence-corrected chi connectivity index (χ4v) is 4.00. The quantitative estimate of drug-likeness (QED) is 0.816. The Morgan fingerprint density at radius 3 is 2.62 bits per heavy atom. The molecule has 2 saturated heterocycles. The monoisotopic (exact) mass is 329 g/mol. The first-order valence-corrected chi connectivity index (χ1v) is 9.04. The van der Waals surface area contributed by atoms with Gasteiger partial charge in [0, 0.05) is 13.1 Å². The van der Waals surface area contributed by atoms with Gasteiger partial charge in [-0.2, -0.15) is 0 Å². The average Bonchev–Trinajstić information content (AvgIpc) is 2.94. The van der Waals surface area contributed by atoms with Crippen molar-refractivity contribution in [3.8, 4) is 0 Å². The summed E-state index contributed by atoms with van der Waals surface area (Å²) >= 11 is 0. The predicted molar refractivity (Wildman–Crippen MR) is 93.7 cm³/mol. The highest BCUT2D eigenvalue weighted by Crippen LogP contribution is 2.34. The smallest absolute Gasteiger partial charge is 0.324 e. The Labute approximate surface area is 144 Å². The molecule has 0 unspecified atom stereocenters. The van der Waals surface area contributed by atoms with Gasteiger partial charge in [-0.05, 0) is 43.3 Å². The van der Waals surface area contributed by atoms with Gasteiger partial charge in [-0.1, -0.05) is 43.7 Å². The summed E-state index contributed by atoms with van der Waals surface area (Å²) in [6.45, 7) is 6.11. The molecule has 1 N–H and O–H groups in total. The molecule has 5 heteroatoms. The van der Waals surface area contributed by atoms with Crippen LogP contribution in [0.2, 0.25) is 0 Å². The number of amides is 3. The number of urea groups is 1. The zero-order valence-corrected chi connectivity index (χ0v) is 14.4. The first-order chi connectivity index (χ1) is 11.7. The van der Waals surface area contributed by atoms with Gasteiger partial charge in [-0.3, -0.25) is 9.69 Å². The molecule has 2 fully saturated rings. The van der Waals surface area contributed by atoms with E-state index in [0.29, 0.717) is 18.4 Å². The third-order valence-electron chi connectivity index (χ3n) is 5.36. The number of nitrogens with one attached hydrogen (secondary N) is 1. The second-order valence-electron chi connectivity index (χ2n) is 6.83. The first-order valence-electron chi connectivity index (χ1n) is 9.04. The third-order valence-corrected chi connectivity index (χ3v) is 5.36. The second kappa shape index (κ2) is 7.79. The van der Waals surface area contributed by atoms with E-state index in [-0.39, 0.29) is 18.5 Å². The standard InChI is InChI=1S/C19H27N3O2/c1-2-15-14-21(10-6-11-22-18(23)13-20-19(22)24)12-9-17(15)16-7-4-3-5-8-16/h3-5,7-8,15,17H,2,6,9-14H2,1H3,(H,20,24)/t15-,17+/m0/s1. The van der Waals surface area contributed by atoms with Crippen LogP contribution in [0.1, 0.15) is 37.7 Å². The van der Waals surface area contributed by atoms with Crippen LogP contribution < -0.4 is 5.32 Å². The lowest BCUT2D eigenvalue weighted by Gasteiger charge is -2.38. The number of piperidine rings is 1. The minimum Gasteiger partial charge on any atom is -0.329 e. The van der Waals surface area contributed by atoms with Gasteiger partial charge in [-0.15, -0.1) is 0 Å². The van der Waals surface area contributed by atoms with Gasteiger partial charge in [0.05, 0.1) is 6.54 Å². The molecule has 2 atom stereocenters. The minimum atomic E-state index is -0.241. The fraction of sp³-hybridized carbons (Fsp3) is 0.579. The lowest BCUT2D eigenvalue weighted by molar-refractivity contribution is -0.125. The summed E-state index contributed by atoms with van der Waals surface area (Å²) in [6, 6.07) is 10.6. The molecule has 0 bridgehead atoms. The van der Waals surface area contributed by atoms with E-state index < -0.39 is 0 Å². The third kappa shape index (κ3) is 3.78. The zero-order valence-electron chi connectivity index (χ0n) is 14.4. The van der Waals surface area contributed by atoms with E-state index in [1.54, 1.807) is 0 Å². The molecule has 3 amide bonds. The Bertz CT molecular complexity index is 559. The molecule has 130 valence electrons. The van der Waals surface area contributed by atoms with Crippen molar-refractivity contribution in [2.75, 3.05) is 32.7 Å². The van der Waals surface area contributed by atoms with Gasteiger partial charge in [0.1, 0.15) is 0 Å². The number of hydrogen-bond acceptors (Lipinski definition) is 3. The van der Waals surface area contributed by atoms with E-state index in [4.69, 9.17) is 0 Å². The van der Waals surface area contributed by atoms with Crippen LogP contribution in [0.3, 0.4) is 0 Å². The van der Waals surface area contributed by atoms with Crippen molar-refractivity contribution in [3.63, 3.8) is 0 Å². The highest BCUT2D eigenvalue weighted by Gasteiger charge is 2.30. The van der Waals surface area contributed by atoms with Crippen LogP contribution in [0, 0.1) is 5.92 Å². The maximum absolute atomic E-state index is 11.6. The topological polar surface area (TPSA) is 52.6 Å². The summed E-state index contributed by atoms with van der Waals surface area (Å²) in [6.07, 6.45) is 3.22. The Hall–Kier alpha value is -1.88. The maximum atomic E-state index is 11.6. The number of likely N-dealkylation sites (tertiary alicyclic amines) is 1. The lowest BCUT2D eigenvalue weighted by atomic mass is 9.79. The van der Waals surface area contributed by atoms with E-state index in [1.165, 1.54) is 23.3 Å². The molecular weight excluding hydrogens is 302 g/mol. The van der Waals surface area contributed by atoms with Crippen LogP contribution in [0.15, 0.2) is 30.3 Å². The Kier molecular flexibility index (Phi) is 5.51. The molecule has 0 radical (unpaired) electrons. The minimum absolute atomic E-state index is 0.103. The number of benzene rings is 1. The molecule has 2 heterocycles. The van der Waals surface area contributed by atoms with Crippen molar-refractivity contribution in [1.82, 2.24) is 15.1 Å². The molecule has 1 aromatic carbocycles. The van der Waals surface area contributed by atoms with Crippen LogP contribution in [-0.4, -0.2) is 54.5 Å². The highest BCUT2D eigenvalue weighted by atomic mass is 16.2. The van der Waals surface area contributed by atoms with Crippen molar-refractivity contribution in [2.24, 2.45) is 5.92 Å². The molecule has 2 aliphatic rings. The van der Waals surface area contributed by atoms with Crippen LogP contribution >= 0.6 is 0 Å². The van der Waals surface area contributed by atoms with Crippen molar-refractivity contribution in [3.05, 3.63) is 35.9 Å². The summed E-state index contributed by atoms with van der Waals surface area (Å²) in [5.41, 5.74) is 1.46. The molecule has 3 rings (SSSR count). The maximum Gasteiger partial charge on any atom is 0.324 e. The molecular formula is C19H27N3O2. The van der Waals surface area contributed by atoms with Crippen LogP contribution in [0.25, 0.3) is 0 Å². The van der Waals surface area contributed by atoms with Gasteiger partial charge in [0.25, 0.3) is 0 Å². The highest BCUT2D eigenvalue weighted by molar-refractivity contribution is 6.01. The van der Waals surface area contributed by atoms with E-state index in [0.717, 1.165) is 26.1 Å². The van der Waals surface area contributed by atoms with E-state index in [1.807, 2.05) is 0 Å². The fourth-order valence-electron chi connectivity index (χ4n) is 4.00. The van der Waals surface area contributed by atoms with Gasteiger partial charge >= 0.3 is 6.03 Å². The lowest BCUT2D eigenvalue weighted by Crippen LogP contribution is -2.41. The zero-order chi connectivity index (χ0) is 16.9. The number of carbonyl (C=O) groups is 2. The normalized spacial score (nSPS) is 25.1. The molecule has 0 aliphatic carbocycles. The number of carbonyl (C=O) groups excluding carboxylic acids is 2. The summed E-state index contributed by atoms with van der Waals surface area (Å²) in [7, 11) is 0. The molecule has 0 spiro atoms. The largest absolute Gasteiger partial charge is 0.329 e. The summed E-state index contributed by atoms with van der Waals surface area (Å²) in [5.74, 6) is 1.23. The van der Waals surface area contributed by atoms with Crippen molar-refractivity contribution in [2.45, 2.75) is 32.1 Å². The Morgan fingerprint density at radius 1 is 1.17 bits per heavy atom. The van der Waals surface area contributed by atoms with Gasteiger partial charge in [-0.25, -0.2) is 4.79 Å². The predicted octanol–water partition coefficient (Wildman–Crippen LogP) is 2.44. The molecule has 0 aromatic heterocycles. The summed E-state index contributed by atoms with van der Waals surface area (Å²) in [4.78, 5) is 27.0. The van der Waals surface area contributed by atoms with E-state index >= 15 is 0 Å². The molecule has 0 saturated carbocycles. The van der Waals surface area contributed by atoms with Crippen LogP contribution in [0.5, 0.6) is 0 Å². The molecule has 24 heavy (non-hydrogen) atoms. The summed E-state index contributed by atoms with van der Waals surface area (Å²) in [5, 5.41) is 2.57. The number of nitrogens with zero attached hydrogens (tertiary/aromatic N) is 2. The van der Waals surface area contributed by atoms with Gasteiger partial charge in [0.15, 0.2) is 0 Å². The SMILES string of the molecule is CC[C@H]1CN(CCCN2C(=O)CNC2=O)CC[C@H]1c1ccccc1. The van der Waals surface area contributed by atoms with E-state index in [2.05, 4.69) is 47.5 Å². The van der Waals surface area contributed by atoms with Crippen molar-refractivity contribution >= 4 is 11.9 Å². The van der Waals surface area contributed by atoms with Gasteiger partial charge in [0.2, 0.25) is 5.91 Å². The van der Waals surface area contributed by atoms with Crippen molar-refractivity contribution in [1.29, 1.82) is 0 Å². The number of rotatable bonds is 6. The van der Waals surface area contributed by atoms with Crippen molar-refractivity contribution < 1.29 is 9.59 Å². The number of hydrogen-bond donors (Lipinski definition) is 1. The molecule has 2 aliphatic heterocycles. The van der Waals surface area contributed by atoms with Gasteiger partial charge < -0.3 is 10.2 Å². The first kappa shape index (κ1) is 17.0. The average molecular weight is 329 g/mol. The van der Waals surface area contributed by atoms with E-state index in [9.17, 15) is 9.59 Å².